The third-order valence-electron chi connectivity index (χ3n) is 3.61. The van der Waals surface area contributed by atoms with Crippen molar-refractivity contribution >= 4 is 21.7 Å². The summed E-state index contributed by atoms with van der Waals surface area (Å²) in [5.41, 5.74) is 8.91. The van der Waals surface area contributed by atoms with Crippen molar-refractivity contribution in [1.82, 2.24) is 4.72 Å². The van der Waals surface area contributed by atoms with Crippen LogP contribution >= 0.6 is 0 Å². The van der Waals surface area contributed by atoms with Gasteiger partial charge in [0, 0.05) is 12.2 Å². The van der Waals surface area contributed by atoms with Crippen LogP contribution in [0.5, 0.6) is 0 Å². The van der Waals surface area contributed by atoms with Crippen LogP contribution in [0.3, 0.4) is 0 Å². The third-order valence-corrected chi connectivity index (χ3v) is 5.17. The summed E-state index contributed by atoms with van der Waals surface area (Å²) in [6.07, 6.45) is 0.953. The molecular weight excluding hydrogens is 336 g/mol. The fourth-order valence-corrected chi connectivity index (χ4v) is 3.32. The van der Waals surface area contributed by atoms with Gasteiger partial charge < -0.3 is 11.1 Å². The molecule has 0 aliphatic carbocycles. The van der Waals surface area contributed by atoms with Crippen LogP contribution in [0.2, 0.25) is 0 Å². The Balaban J connectivity index is 2.00. The van der Waals surface area contributed by atoms with Gasteiger partial charge in [-0.2, -0.15) is 0 Å². The Morgan fingerprint density at radius 1 is 1.08 bits per heavy atom. The minimum absolute atomic E-state index is 0.240. The van der Waals surface area contributed by atoms with Crippen molar-refractivity contribution in [2.45, 2.75) is 31.7 Å². The van der Waals surface area contributed by atoms with Crippen LogP contribution in [0.4, 0.5) is 5.69 Å². The first-order valence-corrected chi connectivity index (χ1v) is 9.67. The lowest BCUT2D eigenvalue weighted by Gasteiger charge is -2.08. The van der Waals surface area contributed by atoms with E-state index in [1.54, 1.807) is 31.2 Å². The predicted octanol–water partition coefficient (Wildman–Crippen LogP) is 2.47. The fraction of sp³-hybridized carbons (Fsp3) is 0.278. The summed E-state index contributed by atoms with van der Waals surface area (Å²) < 4.78 is 26.3. The zero-order chi connectivity index (χ0) is 18.3. The molecule has 0 saturated carbocycles. The first kappa shape index (κ1) is 19.0. The molecule has 0 heterocycles. The molecule has 4 N–H and O–H groups in total. The number of anilines is 1. The third kappa shape index (κ3) is 5.58. The molecule has 0 aliphatic rings. The maximum atomic E-state index is 11.9. The highest BCUT2D eigenvalue weighted by atomic mass is 32.2. The smallest absolute Gasteiger partial charge is 0.240 e. The van der Waals surface area contributed by atoms with Crippen LogP contribution in [-0.2, 0) is 23.0 Å². The molecule has 134 valence electrons. The van der Waals surface area contributed by atoms with E-state index in [0.29, 0.717) is 19.0 Å². The number of rotatable bonds is 7. The highest BCUT2D eigenvalue weighted by Crippen LogP contribution is 2.12. The van der Waals surface area contributed by atoms with Crippen molar-refractivity contribution in [3.05, 3.63) is 59.7 Å². The standard InChI is InChI=1S/C18H24N4O2S/c1-3-14-6-5-7-16(12-14)22-18(19)20-13-15-8-10-17(11-9-15)25(23,24)21-4-2/h5-12,21H,3-4,13H2,1-2H3,(H3,19,20,22). The number of nitrogens with two attached hydrogens (primary N) is 1. The van der Waals surface area contributed by atoms with Crippen molar-refractivity contribution < 1.29 is 8.42 Å². The zero-order valence-electron chi connectivity index (χ0n) is 14.5. The summed E-state index contributed by atoms with van der Waals surface area (Å²) in [6.45, 7) is 4.56. The average molecular weight is 360 g/mol. The van der Waals surface area contributed by atoms with Gasteiger partial charge >= 0.3 is 0 Å². The van der Waals surface area contributed by atoms with Crippen molar-refractivity contribution in [3.63, 3.8) is 0 Å². The van der Waals surface area contributed by atoms with Crippen LogP contribution in [0.25, 0.3) is 0 Å². The maximum Gasteiger partial charge on any atom is 0.240 e. The van der Waals surface area contributed by atoms with Crippen molar-refractivity contribution in [2.75, 3.05) is 11.9 Å². The molecule has 2 aromatic carbocycles. The summed E-state index contributed by atoms with van der Waals surface area (Å²) in [7, 11) is -3.43. The molecular formula is C18H24N4O2S. The van der Waals surface area contributed by atoms with Crippen molar-refractivity contribution in [2.24, 2.45) is 10.7 Å². The maximum absolute atomic E-state index is 11.9. The van der Waals surface area contributed by atoms with Crippen LogP contribution in [0, 0.1) is 0 Å². The van der Waals surface area contributed by atoms with Gasteiger partial charge in [-0.05, 0) is 41.8 Å². The molecule has 0 aliphatic heterocycles. The van der Waals surface area contributed by atoms with Crippen molar-refractivity contribution in [3.8, 4) is 0 Å². The number of aliphatic imine (C=N–C) groups is 1. The number of aryl methyl sites for hydroxylation is 1. The Bertz CT molecular complexity index is 830. The van der Waals surface area contributed by atoms with E-state index in [0.717, 1.165) is 17.7 Å². The number of nitrogens with zero attached hydrogens (tertiary/aromatic N) is 1. The largest absolute Gasteiger partial charge is 0.370 e. The molecule has 0 unspecified atom stereocenters. The number of guanidine groups is 1. The normalized spacial score (nSPS) is 12.2. The topological polar surface area (TPSA) is 96.6 Å². The first-order valence-electron chi connectivity index (χ1n) is 8.19. The molecule has 0 fully saturated rings. The second-order valence-corrected chi connectivity index (χ2v) is 7.29. The summed E-state index contributed by atoms with van der Waals surface area (Å²) in [5.74, 6) is 0.317. The van der Waals surface area contributed by atoms with E-state index in [1.807, 2.05) is 18.2 Å². The molecule has 2 rings (SSSR count). The van der Waals surface area contributed by atoms with E-state index < -0.39 is 10.0 Å². The van der Waals surface area contributed by atoms with Crippen LogP contribution in [0.15, 0.2) is 58.4 Å². The molecule has 0 spiro atoms. The van der Waals surface area contributed by atoms with E-state index >= 15 is 0 Å². The molecule has 0 amide bonds. The van der Waals surface area contributed by atoms with Crippen LogP contribution in [0.1, 0.15) is 25.0 Å². The Kier molecular flexibility index (Phi) is 6.55. The Hall–Kier alpha value is -2.38. The van der Waals surface area contributed by atoms with Crippen LogP contribution < -0.4 is 15.8 Å². The van der Waals surface area contributed by atoms with Gasteiger partial charge in [0.2, 0.25) is 10.0 Å². The number of hydrogen-bond acceptors (Lipinski definition) is 3. The Labute approximate surface area is 149 Å². The summed E-state index contributed by atoms with van der Waals surface area (Å²) in [4.78, 5) is 4.53. The van der Waals surface area contributed by atoms with Gasteiger partial charge in [0.15, 0.2) is 5.96 Å². The van der Waals surface area contributed by atoms with Gasteiger partial charge in [-0.3, -0.25) is 0 Å². The number of nitrogens with one attached hydrogen (secondary N) is 2. The number of sulfonamides is 1. The van der Waals surface area contributed by atoms with Gasteiger partial charge in [0.05, 0.1) is 11.4 Å². The highest BCUT2D eigenvalue weighted by Gasteiger charge is 2.11. The van der Waals surface area contributed by atoms with E-state index in [9.17, 15) is 8.42 Å². The van der Waals surface area contributed by atoms with Gasteiger partial charge in [-0.15, -0.1) is 0 Å². The molecule has 2 aromatic rings. The predicted molar refractivity (Wildman–Crippen MR) is 102 cm³/mol. The Morgan fingerprint density at radius 2 is 1.80 bits per heavy atom. The second kappa shape index (κ2) is 8.64. The van der Waals surface area contributed by atoms with Gasteiger partial charge in [0.25, 0.3) is 0 Å². The first-order chi connectivity index (χ1) is 11.9. The molecule has 0 bridgehead atoms. The van der Waals surface area contributed by atoms with Crippen molar-refractivity contribution in [1.29, 1.82) is 0 Å². The van der Waals surface area contributed by atoms with Crippen LogP contribution in [-0.4, -0.2) is 20.9 Å². The number of benzene rings is 2. The molecule has 0 radical (unpaired) electrons. The van der Waals surface area contributed by atoms with E-state index in [4.69, 9.17) is 5.73 Å². The zero-order valence-corrected chi connectivity index (χ0v) is 15.3. The summed E-state index contributed by atoms with van der Waals surface area (Å²) >= 11 is 0. The molecule has 25 heavy (non-hydrogen) atoms. The van der Waals surface area contributed by atoms with E-state index in [1.165, 1.54) is 5.56 Å². The summed E-state index contributed by atoms with van der Waals surface area (Å²) in [5, 5.41) is 3.06. The average Bonchev–Trinajstić information content (AvgIpc) is 2.60. The molecule has 0 saturated heterocycles. The van der Waals surface area contributed by atoms with E-state index in [2.05, 4.69) is 28.0 Å². The lowest BCUT2D eigenvalue weighted by Crippen LogP contribution is -2.23. The molecule has 6 nitrogen and oxygen atoms in total. The molecule has 0 aromatic heterocycles. The van der Waals surface area contributed by atoms with Gasteiger partial charge in [0.1, 0.15) is 0 Å². The summed E-state index contributed by atoms with van der Waals surface area (Å²) in [6, 6.07) is 14.6. The Morgan fingerprint density at radius 3 is 2.44 bits per heavy atom. The monoisotopic (exact) mass is 360 g/mol. The highest BCUT2D eigenvalue weighted by molar-refractivity contribution is 7.89. The number of hydrogen-bond donors (Lipinski definition) is 3. The van der Waals surface area contributed by atoms with Gasteiger partial charge in [-0.1, -0.05) is 38.1 Å². The lowest BCUT2D eigenvalue weighted by molar-refractivity contribution is 0.584. The fourth-order valence-electron chi connectivity index (χ4n) is 2.28. The minimum atomic E-state index is -3.43. The van der Waals surface area contributed by atoms with Gasteiger partial charge in [-0.25, -0.2) is 18.1 Å². The van der Waals surface area contributed by atoms with E-state index in [-0.39, 0.29) is 4.90 Å². The lowest BCUT2D eigenvalue weighted by atomic mass is 10.1. The quantitative estimate of drug-likeness (QED) is 0.522. The minimum Gasteiger partial charge on any atom is -0.370 e. The SMILES string of the molecule is CCNS(=O)(=O)c1ccc(CN=C(N)Nc2cccc(CC)c2)cc1. The second-order valence-electron chi connectivity index (χ2n) is 5.53. The molecule has 7 heteroatoms. The molecule has 0 atom stereocenters.